The molecule has 1 rings (SSSR count). The topological polar surface area (TPSA) is 33.7 Å². The minimum Gasteiger partial charge on any atom is -0.382 e. The van der Waals surface area contributed by atoms with E-state index in [1.807, 2.05) is 0 Å². The lowest BCUT2D eigenvalue weighted by Crippen LogP contribution is -2.48. The lowest BCUT2D eigenvalue weighted by atomic mass is 9.98. The molecule has 0 spiro atoms. The smallest absolute Gasteiger partial charge is 0.0700 e. The molecule has 0 saturated carbocycles. The van der Waals surface area contributed by atoms with Crippen LogP contribution in [-0.2, 0) is 9.47 Å². The van der Waals surface area contributed by atoms with Crippen LogP contribution in [0.5, 0.6) is 0 Å². The molecule has 1 aliphatic heterocycles. The zero-order valence-electron chi connectivity index (χ0n) is 12.3. The van der Waals surface area contributed by atoms with Crippen molar-refractivity contribution in [2.24, 2.45) is 0 Å². The second kappa shape index (κ2) is 9.73. The molecule has 18 heavy (non-hydrogen) atoms. The van der Waals surface area contributed by atoms with Gasteiger partial charge in [-0.1, -0.05) is 6.92 Å². The van der Waals surface area contributed by atoms with E-state index in [4.69, 9.17) is 9.47 Å². The van der Waals surface area contributed by atoms with Crippen molar-refractivity contribution in [1.29, 1.82) is 0 Å². The molecule has 1 N–H and O–H groups in total. The van der Waals surface area contributed by atoms with Crippen molar-refractivity contribution in [3.05, 3.63) is 0 Å². The van der Waals surface area contributed by atoms with Crippen LogP contribution in [0.15, 0.2) is 0 Å². The van der Waals surface area contributed by atoms with Crippen LogP contribution in [0, 0.1) is 0 Å². The van der Waals surface area contributed by atoms with Crippen molar-refractivity contribution < 1.29 is 9.47 Å². The summed E-state index contributed by atoms with van der Waals surface area (Å²) in [6.07, 6.45) is 3.75. The number of rotatable bonds is 9. The molecule has 0 aliphatic carbocycles. The molecule has 0 amide bonds. The number of hydrogen-bond acceptors (Lipinski definition) is 4. The molecule has 0 bridgehead atoms. The lowest BCUT2D eigenvalue weighted by Gasteiger charge is -2.38. The highest BCUT2D eigenvalue weighted by atomic mass is 16.5. The van der Waals surface area contributed by atoms with E-state index in [0.29, 0.717) is 25.3 Å². The molecule has 108 valence electrons. The van der Waals surface area contributed by atoms with E-state index in [0.717, 1.165) is 19.7 Å². The third-order valence-electron chi connectivity index (χ3n) is 3.65. The third kappa shape index (κ3) is 6.14. The number of nitrogens with zero attached hydrogens (tertiary/aromatic N) is 1. The summed E-state index contributed by atoms with van der Waals surface area (Å²) in [5.41, 5.74) is 0. The maximum atomic E-state index is 5.53. The Balaban J connectivity index is 2.09. The fourth-order valence-electron chi connectivity index (χ4n) is 2.51. The summed E-state index contributed by atoms with van der Waals surface area (Å²) in [4.78, 5) is 2.54. The molecular formula is C14H30N2O2. The van der Waals surface area contributed by atoms with E-state index >= 15 is 0 Å². The Kier molecular flexibility index (Phi) is 8.59. The van der Waals surface area contributed by atoms with Crippen molar-refractivity contribution in [3.63, 3.8) is 0 Å². The molecule has 0 aromatic carbocycles. The molecule has 2 unspecified atom stereocenters. The molecule has 0 radical (unpaired) electrons. The van der Waals surface area contributed by atoms with Gasteiger partial charge in [-0.15, -0.1) is 0 Å². The van der Waals surface area contributed by atoms with Gasteiger partial charge in [0.25, 0.3) is 0 Å². The lowest BCUT2D eigenvalue weighted by molar-refractivity contribution is 0.0413. The Morgan fingerprint density at radius 1 is 1.28 bits per heavy atom. The van der Waals surface area contributed by atoms with Gasteiger partial charge in [0.15, 0.2) is 0 Å². The number of likely N-dealkylation sites (tertiary alicyclic amines) is 1. The molecule has 2 atom stereocenters. The van der Waals surface area contributed by atoms with Crippen LogP contribution in [0.3, 0.4) is 0 Å². The molecular weight excluding hydrogens is 228 g/mol. The number of methoxy groups -OCH3 is 1. The van der Waals surface area contributed by atoms with Gasteiger partial charge < -0.3 is 14.8 Å². The van der Waals surface area contributed by atoms with Crippen molar-refractivity contribution in [2.75, 3.05) is 46.6 Å². The van der Waals surface area contributed by atoms with Gasteiger partial charge >= 0.3 is 0 Å². The summed E-state index contributed by atoms with van der Waals surface area (Å²) in [6, 6.07) is 1.38. The molecule has 1 heterocycles. The number of ether oxygens (including phenoxy) is 2. The largest absolute Gasteiger partial charge is 0.382 e. The van der Waals surface area contributed by atoms with Gasteiger partial charge in [-0.3, -0.25) is 4.90 Å². The van der Waals surface area contributed by atoms with Gasteiger partial charge in [-0.05, 0) is 39.3 Å². The van der Waals surface area contributed by atoms with Crippen molar-refractivity contribution >= 4 is 0 Å². The van der Waals surface area contributed by atoms with Gasteiger partial charge in [-0.2, -0.15) is 0 Å². The van der Waals surface area contributed by atoms with Gasteiger partial charge in [0, 0.05) is 25.7 Å². The maximum absolute atomic E-state index is 5.53. The number of hydrogen-bond donors (Lipinski definition) is 1. The predicted molar refractivity (Wildman–Crippen MR) is 75.0 cm³/mol. The molecule has 4 heteroatoms. The van der Waals surface area contributed by atoms with E-state index in [1.54, 1.807) is 7.11 Å². The van der Waals surface area contributed by atoms with Gasteiger partial charge in [0.05, 0.1) is 19.8 Å². The minimum atomic E-state index is 0.666. The van der Waals surface area contributed by atoms with E-state index in [1.165, 1.54) is 25.8 Å². The molecule has 4 nitrogen and oxygen atoms in total. The predicted octanol–water partition coefficient (Wildman–Crippen LogP) is 1.50. The summed E-state index contributed by atoms with van der Waals surface area (Å²) in [5.74, 6) is 0. The highest BCUT2D eigenvalue weighted by Gasteiger charge is 2.24. The first kappa shape index (κ1) is 15.9. The molecule has 0 aromatic rings. The van der Waals surface area contributed by atoms with Crippen LogP contribution in [0.4, 0.5) is 0 Å². The van der Waals surface area contributed by atoms with E-state index < -0.39 is 0 Å². The second-order valence-corrected chi connectivity index (χ2v) is 5.17. The SMILES string of the molecule is CCCNC1CCN(CCOCCOC)C(C)C1. The summed E-state index contributed by atoms with van der Waals surface area (Å²) in [7, 11) is 1.71. The monoisotopic (exact) mass is 258 g/mol. The summed E-state index contributed by atoms with van der Waals surface area (Å²) in [6.45, 7) is 10.2. The standard InChI is InChI=1S/C14H30N2O2/c1-4-6-15-14-5-7-16(13(2)12-14)8-9-18-11-10-17-3/h13-15H,4-12H2,1-3H3. The normalized spacial score (nSPS) is 25.5. The highest BCUT2D eigenvalue weighted by Crippen LogP contribution is 2.16. The Labute approximate surface area is 112 Å². The minimum absolute atomic E-state index is 0.666. The van der Waals surface area contributed by atoms with Crippen LogP contribution in [0.2, 0.25) is 0 Å². The maximum Gasteiger partial charge on any atom is 0.0700 e. The van der Waals surface area contributed by atoms with E-state index in [2.05, 4.69) is 24.1 Å². The molecule has 1 fully saturated rings. The van der Waals surface area contributed by atoms with E-state index in [-0.39, 0.29) is 0 Å². The van der Waals surface area contributed by atoms with Gasteiger partial charge in [0.2, 0.25) is 0 Å². The second-order valence-electron chi connectivity index (χ2n) is 5.17. The summed E-state index contributed by atoms with van der Waals surface area (Å²) < 4.78 is 10.5. The van der Waals surface area contributed by atoms with E-state index in [9.17, 15) is 0 Å². The Morgan fingerprint density at radius 2 is 2.11 bits per heavy atom. The molecule has 1 aliphatic rings. The zero-order chi connectivity index (χ0) is 13.2. The van der Waals surface area contributed by atoms with Crippen molar-refractivity contribution in [2.45, 2.75) is 45.2 Å². The first-order valence-electron chi connectivity index (χ1n) is 7.32. The Bertz CT molecular complexity index is 200. The quantitative estimate of drug-likeness (QED) is 0.636. The van der Waals surface area contributed by atoms with Gasteiger partial charge in [0.1, 0.15) is 0 Å². The van der Waals surface area contributed by atoms with Crippen LogP contribution in [0.25, 0.3) is 0 Å². The van der Waals surface area contributed by atoms with Crippen LogP contribution in [0.1, 0.15) is 33.1 Å². The zero-order valence-corrected chi connectivity index (χ0v) is 12.3. The van der Waals surface area contributed by atoms with Crippen LogP contribution < -0.4 is 5.32 Å². The molecule has 1 saturated heterocycles. The molecule has 0 aromatic heterocycles. The van der Waals surface area contributed by atoms with Gasteiger partial charge in [-0.25, -0.2) is 0 Å². The highest BCUT2D eigenvalue weighted by molar-refractivity contribution is 4.82. The third-order valence-corrected chi connectivity index (χ3v) is 3.65. The number of piperidine rings is 1. The first-order chi connectivity index (χ1) is 8.77. The Morgan fingerprint density at radius 3 is 2.78 bits per heavy atom. The van der Waals surface area contributed by atoms with Crippen LogP contribution >= 0.6 is 0 Å². The summed E-state index contributed by atoms with van der Waals surface area (Å²) >= 11 is 0. The number of nitrogens with one attached hydrogen (secondary N) is 1. The van der Waals surface area contributed by atoms with Crippen LogP contribution in [-0.4, -0.2) is 63.5 Å². The fraction of sp³-hybridized carbons (Fsp3) is 1.00. The first-order valence-corrected chi connectivity index (χ1v) is 7.32. The average molecular weight is 258 g/mol. The van der Waals surface area contributed by atoms with Crippen molar-refractivity contribution in [3.8, 4) is 0 Å². The van der Waals surface area contributed by atoms with Crippen molar-refractivity contribution in [1.82, 2.24) is 10.2 Å². The average Bonchev–Trinajstić information content (AvgIpc) is 2.38. The Hall–Kier alpha value is -0.160. The summed E-state index contributed by atoms with van der Waals surface area (Å²) in [5, 5.41) is 3.63. The fourth-order valence-corrected chi connectivity index (χ4v) is 2.51.